The molecule has 97 valence electrons. The van der Waals surface area contributed by atoms with E-state index in [0.717, 1.165) is 5.56 Å². The SMILES string of the molecule is CC.CC(C)OCc1ccc(O[C-]=O)cc1.[Re]. The number of hydrogen-bond acceptors (Lipinski definition) is 3. The Morgan fingerprint density at radius 3 is 2.12 bits per heavy atom. The standard InChI is InChI=1S/C11H13O3.C2H6.Re/c1-9(2)13-7-10-3-5-11(6-4-10)14-8-12;1-2;/h3-6,9H,7H2,1-2H3;1-2H3;/q-1;;. The van der Waals surface area contributed by atoms with Crippen LogP contribution in [0.25, 0.3) is 0 Å². The van der Waals surface area contributed by atoms with Gasteiger partial charge in [0.15, 0.2) is 6.47 Å². The summed E-state index contributed by atoms with van der Waals surface area (Å²) in [5, 5.41) is 0. The molecule has 0 N–H and O–H groups in total. The summed E-state index contributed by atoms with van der Waals surface area (Å²) in [6.07, 6.45) is 0.217. The number of benzene rings is 1. The van der Waals surface area contributed by atoms with Gasteiger partial charge < -0.3 is 14.3 Å². The third-order valence-electron chi connectivity index (χ3n) is 1.67. The zero-order valence-corrected chi connectivity index (χ0v) is 13.4. The molecule has 0 aromatic heterocycles. The van der Waals surface area contributed by atoms with Crippen LogP contribution >= 0.6 is 0 Å². The molecule has 0 bridgehead atoms. The van der Waals surface area contributed by atoms with E-state index in [4.69, 9.17) is 4.74 Å². The summed E-state index contributed by atoms with van der Waals surface area (Å²) in [4.78, 5) is 9.90. The van der Waals surface area contributed by atoms with Gasteiger partial charge in [0.25, 0.3) is 0 Å². The molecule has 0 fully saturated rings. The Labute approximate surface area is 117 Å². The molecule has 0 saturated carbocycles. The molecule has 1 aromatic carbocycles. The Morgan fingerprint density at radius 1 is 1.18 bits per heavy atom. The first-order valence-electron chi connectivity index (χ1n) is 5.47. The number of carbonyl (C=O) groups excluding carboxylic acids is 1. The van der Waals surface area contributed by atoms with E-state index in [1.165, 1.54) is 6.47 Å². The van der Waals surface area contributed by atoms with E-state index in [0.29, 0.717) is 12.4 Å². The van der Waals surface area contributed by atoms with Crippen molar-refractivity contribution in [3.8, 4) is 5.75 Å². The van der Waals surface area contributed by atoms with Gasteiger partial charge in [-0.3, -0.25) is 0 Å². The zero-order valence-electron chi connectivity index (χ0n) is 10.7. The fourth-order valence-corrected chi connectivity index (χ4v) is 0.965. The van der Waals surface area contributed by atoms with E-state index in [-0.39, 0.29) is 26.5 Å². The smallest absolute Gasteiger partial charge is 0.170 e. The average Bonchev–Trinajstić information content (AvgIpc) is 2.31. The fraction of sp³-hybridized carbons (Fsp3) is 0.462. The summed E-state index contributed by atoms with van der Waals surface area (Å²) < 4.78 is 9.95. The molecule has 1 radical (unpaired) electrons. The zero-order chi connectivity index (χ0) is 12.4. The van der Waals surface area contributed by atoms with E-state index in [2.05, 4.69) is 4.74 Å². The molecule has 0 aliphatic rings. The maximum absolute atomic E-state index is 9.90. The van der Waals surface area contributed by atoms with E-state index >= 15 is 0 Å². The first-order chi connectivity index (χ1) is 7.72. The quantitative estimate of drug-likeness (QED) is 0.702. The Kier molecular flexibility index (Phi) is 12.9. The van der Waals surface area contributed by atoms with Gasteiger partial charge in [-0.25, -0.2) is 0 Å². The Bertz CT molecular complexity index is 283. The molecule has 0 heterocycles. The van der Waals surface area contributed by atoms with Crippen LogP contribution in [0.5, 0.6) is 5.75 Å². The van der Waals surface area contributed by atoms with Crippen LogP contribution in [0.2, 0.25) is 0 Å². The average molecular weight is 409 g/mol. The Morgan fingerprint density at radius 2 is 1.71 bits per heavy atom. The van der Waals surface area contributed by atoms with Crippen molar-refractivity contribution in [1.82, 2.24) is 0 Å². The number of hydrogen-bond donors (Lipinski definition) is 0. The summed E-state index contributed by atoms with van der Waals surface area (Å²) in [5.74, 6) is 0.494. The Balaban J connectivity index is 0. The topological polar surface area (TPSA) is 35.5 Å². The van der Waals surface area contributed by atoms with Gasteiger partial charge in [-0.1, -0.05) is 26.0 Å². The van der Waals surface area contributed by atoms with Gasteiger partial charge in [-0.2, -0.15) is 0 Å². The molecule has 0 atom stereocenters. The summed E-state index contributed by atoms with van der Waals surface area (Å²) in [7, 11) is 0. The molecule has 17 heavy (non-hydrogen) atoms. The largest absolute Gasteiger partial charge is 0.610 e. The van der Waals surface area contributed by atoms with Crippen molar-refractivity contribution >= 4 is 6.47 Å². The summed E-state index contributed by atoms with van der Waals surface area (Å²) in [6, 6.07) is 7.14. The van der Waals surface area contributed by atoms with Crippen molar-refractivity contribution in [2.45, 2.75) is 40.4 Å². The van der Waals surface area contributed by atoms with Gasteiger partial charge in [0.1, 0.15) is 0 Å². The molecule has 0 unspecified atom stereocenters. The van der Waals surface area contributed by atoms with Crippen molar-refractivity contribution in [1.29, 1.82) is 0 Å². The molecule has 4 heteroatoms. The summed E-state index contributed by atoms with van der Waals surface area (Å²) >= 11 is 0. The first-order valence-corrected chi connectivity index (χ1v) is 5.47. The van der Waals surface area contributed by atoms with E-state index in [1.54, 1.807) is 12.1 Å². The van der Waals surface area contributed by atoms with Crippen LogP contribution in [0.4, 0.5) is 0 Å². The van der Waals surface area contributed by atoms with Crippen molar-refractivity contribution in [2.24, 2.45) is 0 Å². The molecule has 0 spiro atoms. The van der Waals surface area contributed by atoms with Crippen LogP contribution in [0.15, 0.2) is 24.3 Å². The number of ether oxygens (including phenoxy) is 2. The van der Waals surface area contributed by atoms with Crippen LogP contribution in [-0.2, 0) is 36.6 Å². The van der Waals surface area contributed by atoms with E-state index < -0.39 is 0 Å². The fourth-order valence-electron chi connectivity index (χ4n) is 0.965. The van der Waals surface area contributed by atoms with Gasteiger partial charge in [0, 0.05) is 20.4 Å². The van der Waals surface area contributed by atoms with Crippen molar-refractivity contribution in [3.05, 3.63) is 29.8 Å². The second-order valence-corrected chi connectivity index (χ2v) is 3.19. The molecule has 0 aliphatic carbocycles. The van der Waals surface area contributed by atoms with Crippen LogP contribution in [0.3, 0.4) is 0 Å². The monoisotopic (exact) mass is 410 g/mol. The minimum Gasteiger partial charge on any atom is -0.610 e. The van der Waals surface area contributed by atoms with E-state index in [1.807, 2.05) is 39.8 Å². The van der Waals surface area contributed by atoms with Crippen molar-refractivity contribution < 1.29 is 34.7 Å². The predicted octanol–water partition coefficient (Wildman–Crippen LogP) is 3.08. The summed E-state index contributed by atoms with van der Waals surface area (Å²) in [6.45, 7) is 9.91. The normalized spacial score (nSPS) is 8.76. The summed E-state index contributed by atoms with van der Waals surface area (Å²) in [5.41, 5.74) is 1.05. The molecule has 3 nitrogen and oxygen atoms in total. The third kappa shape index (κ3) is 9.05. The molecule has 0 amide bonds. The third-order valence-corrected chi connectivity index (χ3v) is 1.67. The van der Waals surface area contributed by atoms with Gasteiger partial charge in [0.2, 0.25) is 0 Å². The van der Waals surface area contributed by atoms with Crippen molar-refractivity contribution in [3.63, 3.8) is 0 Å². The molecular weight excluding hydrogens is 390 g/mol. The minimum atomic E-state index is 0. The van der Waals surface area contributed by atoms with E-state index in [9.17, 15) is 4.79 Å². The molecule has 0 saturated heterocycles. The molecular formula is C13H19O3Re-. The number of rotatable bonds is 5. The molecule has 0 aliphatic heterocycles. The predicted molar refractivity (Wildman–Crippen MR) is 64.0 cm³/mol. The Hall–Kier alpha value is -0.688. The minimum absolute atomic E-state index is 0. The second-order valence-electron chi connectivity index (χ2n) is 3.19. The van der Waals surface area contributed by atoms with Gasteiger partial charge in [-0.15, -0.1) is 12.1 Å². The van der Waals surface area contributed by atoms with Crippen LogP contribution in [0.1, 0.15) is 33.3 Å². The van der Waals surface area contributed by atoms with Gasteiger partial charge >= 0.3 is 0 Å². The second kappa shape index (κ2) is 11.8. The van der Waals surface area contributed by atoms with Crippen LogP contribution in [0, 0.1) is 0 Å². The molecule has 1 rings (SSSR count). The first kappa shape index (κ1) is 18.7. The van der Waals surface area contributed by atoms with Gasteiger partial charge in [-0.05, 0) is 25.2 Å². The van der Waals surface area contributed by atoms with Crippen LogP contribution < -0.4 is 4.74 Å². The maximum Gasteiger partial charge on any atom is 0.170 e. The van der Waals surface area contributed by atoms with Crippen molar-refractivity contribution in [2.75, 3.05) is 0 Å². The van der Waals surface area contributed by atoms with Crippen LogP contribution in [-0.4, -0.2) is 12.6 Å². The van der Waals surface area contributed by atoms with Gasteiger partial charge in [0.05, 0.1) is 12.7 Å². The molecule has 1 aromatic rings. The maximum atomic E-state index is 9.90.